The van der Waals surface area contributed by atoms with Crippen LogP contribution in [0.2, 0.25) is 0 Å². The van der Waals surface area contributed by atoms with Crippen molar-refractivity contribution in [1.82, 2.24) is 10.0 Å². The fourth-order valence-corrected chi connectivity index (χ4v) is 1.14. The largest absolute Gasteiger partial charge is 0.463 e. The molecule has 0 spiro atoms. The second-order valence-corrected chi connectivity index (χ2v) is 2.43. The highest BCUT2D eigenvalue weighted by atomic mass is 16.4. The number of hydrazine groups is 1. The zero-order chi connectivity index (χ0) is 9.14. The summed E-state index contributed by atoms with van der Waals surface area (Å²) in [6, 6.07) is 0. The molecular weight excluding hydrogens is 160 g/mol. The van der Waals surface area contributed by atoms with Crippen LogP contribution in [0.25, 0.3) is 0 Å². The summed E-state index contributed by atoms with van der Waals surface area (Å²) in [5.41, 5.74) is 0. The lowest BCUT2D eigenvalue weighted by molar-refractivity contribution is -0.137. The van der Waals surface area contributed by atoms with Crippen LogP contribution in [0.5, 0.6) is 0 Å². The van der Waals surface area contributed by atoms with Gasteiger partial charge in [-0.15, -0.1) is 0 Å². The van der Waals surface area contributed by atoms with Crippen LogP contribution in [-0.2, 0) is 4.79 Å². The van der Waals surface area contributed by atoms with Crippen LogP contribution >= 0.6 is 0 Å². The van der Waals surface area contributed by atoms with Crippen LogP contribution in [0.3, 0.4) is 0 Å². The first-order chi connectivity index (χ1) is 5.66. The molecule has 0 bridgehead atoms. The molecule has 1 fully saturated rings. The van der Waals surface area contributed by atoms with Crippen LogP contribution in [0.1, 0.15) is 12.8 Å². The molecule has 5 nitrogen and oxygen atoms in total. The predicted octanol–water partition coefficient (Wildman–Crippen LogP) is 0.647. The lowest BCUT2D eigenvalue weighted by atomic mass is 10.4. The smallest absolute Gasteiger partial charge is 0.430 e. The van der Waals surface area contributed by atoms with E-state index in [9.17, 15) is 9.59 Å². The molecule has 0 aliphatic carbocycles. The topological polar surface area (TPSA) is 60.9 Å². The van der Waals surface area contributed by atoms with E-state index in [1.54, 1.807) is 0 Å². The van der Waals surface area contributed by atoms with E-state index < -0.39 is 6.09 Å². The number of hydrogen-bond donors (Lipinski definition) is 1. The predicted molar refractivity (Wildman–Crippen MR) is 41.0 cm³/mol. The average molecular weight is 170 g/mol. The van der Waals surface area contributed by atoms with E-state index in [0.29, 0.717) is 19.4 Å². The molecule has 2 amide bonds. The molecule has 5 heteroatoms. The molecule has 0 aromatic carbocycles. The van der Waals surface area contributed by atoms with Gasteiger partial charge in [0.2, 0.25) is 5.91 Å². The van der Waals surface area contributed by atoms with E-state index in [1.807, 2.05) is 0 Å². The third-order valence-corrected chi connectivity index (χ3v) is 1.68. The SMILES string of the molecule is C=CN(C(=O)O)N1CCCC1=O. The van der Waals surface area contributed by atoms with Crippen molar-refractivity contribution in [3.05, 3.63) is 12.8 Å². The van der Waals surface area contributed by atoms with Crippen molar-refractivity contribution in [2.45, 2.75) is 12.8 Å². The zero-order valence-electron chi connectivity index (χ0n) is 6.56. The third kappa shape index (κ3) is 1.39. The molecule has 12 heavy (non-hydrogen) atoms. The molecular formula is C7H10N2O3. The second-order valence-electron chi connectivity index (χ2n) is 2.43. The summed E-state index contributed by atoms with van der Waals surface area (Å²) in [7, 11) is 0. The Labute approximate surface area is 69.8 Å². The van der Waals surface area contributed by atoms with Gasteiger partial charge in [-0.2, -0.15) is 5.01 Å². The minimum Gasteiger partial charge on any atom is -0.463 e. The fraction of sp³-hybridized carbons (Fsp3) is 0.429. The van der Waals surface area contributed by atoms with Gasteiger partial charge in [-0.3, -0.25) is 4.79 Å². The number of hydrogen-bond acceptors (Lipinski definition) is 2. The van der Waals surface area contributed by atoms with Gasteiger partial charge < -0.3 is 5.11 Å². The highest BCUT2D eigenvalue weighted by Gasteiger charge is 2.27. The van der Waals surface area contributed by atoms with Gasteiger partial charge >= 0.3 is 6.09 Å². The summed E-state index contributed by atoms with van der Waals surface area (Å²) >= 11 is 0. The average Bonchev–Trinajstić information content (AvgIpc) is 2.38. The number of rotatable bonds is 2. The van der Waals surface area contributed by atoms with E-state index in [4.69, 9.17) is 5.11 Å². The first-order valence-electron chi connectivity index (χ1n) is 3.62. The van der Waals surface area contributed by atoms with Crippen molar-refractivity contribution in [3.8, 4) is 0 Å². The molecule has 1 N–H and O–H groups in total. The first kappa shape index (κ1) is 8.58. The first-order valence-corrected chi connectivity index (χ1v) is 3.62. The van der Waals surface area contributed by atoms with Gasteiger partial charge in [0.1, 0.15) is 0 Å². The minimum absolute atomic E-state index is 0.169. The Morgan fingerprint density at radius 2 is 2.42 bits per heavy atom. The molecule has 0 aromatic heterocycles. The molecule has 1 aliphatic heterocycles. The van der Waals surface area contributed by atoms with Crippen LogP contribution < -0.4 is 0 Å². The molecule has 1 heterocycles. The van der Waals surface area contributed by atoms with Crippen molar-refractivity contribution in [2.24, 2.45) is 0 Å². The highest BCUT2D eigenvalue weighted by Crippen LogP contribution is 2.12. The van der Waals surface area contributed by atoms with Crippen molar-refractivity contribution in [3.63, 3.8) is 0 Å². The summed E-state index contributed by atoms with van der Waals surface area (Å²) in [6.45, 7) is 3.77. The van der Waals surface area contributed by atoms with Gasteiger partial charge in [-0.25, -0.2) is 9.80 Å². The molecule has 0 radical (unpaired) electrons. The third-order valence-electron chi connectivity index (χ3n) is 1.68. The number of amides is 2. The summed E-state index contributed by atoms with van der Waals surface area (Å²) in [5.74, 6) is -0.169. The van der Waals surface area contributed by atoms with E-state index in [-0.39, 0.29) is 5.91 Å². The Kier molecular flexibility index (Phi) is 2.32. The second kappa shape index (κ2) is 3.25. The van der Waals surface area contributed by atoms with Crippen LogP contribution in [0.4, 0.5) is 4.79 Å². The quantitative estimate of drug-likeness (QED) is 0.661. The van der Waals surface area contributed by atoms with Gasteiger partial charge in [0, 0.05) is 19.2 Å². The van der Waals surface area contributed by atoms with Crippen LogP contribution in [-0.4, -0.2) is 33.7 Å². The molecule has 1 rings (SSSR count). The highest BCUT2D eigenvalue weighted by molar-refractivity contribution is 5.80. The van der Waals surface area contributed by atoms with Crippen LogP contribution in [0, 0.1) is 0 Å². The molecule has 66 valence electrons. The molecule has 1 saturated heterocycles. The fourth-order valence-electron chi connectivity index (χ4n) is 1.14. The van der Waals surface area contributed by atoms with E-state index >= 15 is 0 Å². The Balaban J connectivity index is 2.71. The van der Waals surface area contributed by atoms with Gasteiger partial charge in [-0.1, -0.05) is 6.58 Å². The molecule has 0 atom stereocenters. The summed E-state index contributed by atoms with van der Waals surface area (Å²) < 4.78 is 0. The lowest BCUT2D eigenvalue weighted by Crippen LogP contribution is -2.42. The van der Waals surface area contributed by atoms with Crippen molar-refractivity contribution < 1.29 is 14.7 Å². The Morgan fingerprint density at radius 3 is 2.75 bits per heavy atom. The van der Waals surface area contributed by atoms with Crippen molar-refractivity contribution in [2.75, 3.05) is 6.54 Å². The molecule has 0 saturated carbocycles. The Bertz CT molecular complexity index is 227. The Hall–Kier alpha value is -1.52. The van der Waals surface area contributed by atoms with E-state index in [1.165, 1.54) is 5.01 Å². The maximum Gasteiger partial charge on any atom is 0.430 e. The van der Waals surface area contributed by atoms with E-state index in [0.717, 1.165) is 11.2 Å². The molecule has 1 aliphatic rings. The minimum atomic E-state index is -1.18. The summed E-state index contributed by atoms with van der Waals surface area (Å²) in [5, 5.41) is 10.6. The number of carbonyl (C=O) groups is 2. The maximum absolute atomic E-state index is 11.1. The Morgan fingerprint density at radius 1 is 1.75 bits per heavy atom. The van der Waals surface area contributed by atoms with Gasteiger partial charge in [0.05, 0.1) is 0 Å². The standard InChI is InChI=1S/C7H10N2O3/c1-2-8(7(11)12)9-5-3-4-6(9)10/h2H,1,3-5H2,(H,11,12). The monoisotopic (exact) mass is 170 g/mol. The maximum atomic E-state index is 11.1. The van der Waals surface area contributed by atoms with Crippen molar-refractivity contribution in [1.29, 1.82) is 0 Å². The van der Waals surface area contributed by atoms with Gasteiger partial charge in [-0.05, 0) is 6.42 Å². The lowest BCUT2D eigenvalue weighted by Gasteiger charge is -2.24. The molecule has 0 aromatic rings. The number of carboxylic acid groups (broad SMARTS) is 1. The van der Waals surface area contributed by atoms with Gasteiger partial charge in [0.25, 0.3) is 0 Å². The summed E-state index contributed by atoms with van der Waals surface area (Å²) in [6.07, 6.45) is 1.06. The van der Waals surface area contributed by atoms with Crippen molar-refractivity contribution >= 4 is 12.0 Å². The zero-order valence-corrected chi connectivity index (χ0v) is 6.56. The van der Waals surface area contributed by atoms with Crippen LogP contribution in [0.15, 0.2) is 12.8 Å². The number of nitrogens with zero attached hydrogens (tertiary/aromatic N) is 2. The van der Waals surface area contributed by atoms with E-state index in [2.05, 4.69) is 6.58 Å². The molecule has 0 unspecified atom stereocenters. The summed E-state index contributed by atoms with van der Waals surface area (Å²) in [4.78, 5) is 21.6. The number of carbonyl (C=O) groups excluding carboxylic acids is 1. The van der Waals surface area contributed by atoms with Gasteiger partial charge in [0.15, 0.2) is 0 Å². The normalized spacial score (nSPS) is 16.3.